The highest BCUT2D eigenvalue weighted by Gasteiger charge is 2.24. The van der Waals surface area contributed by atoms with Crippen LogP contribution >= 0.6 is 0 Å². The van der Waals surface area contributed by atoms with E-state index >= 15 is 0 Å². The van der Waals surface area contributed by atoms with E-state index in [0.29, 0.717) is 11.3 Å². The lowest BCUT2D eigenvalue weighted by atomic mass is 10.1. The molecule has 1 aromatic carbocycles. The molecule has 0 unspecified atom stereocenters. The van der Waals surface area contributed by atoms with Crippen LogP contribution in [-0.4, -0.2) is 25.0 Å². The highest BCUT2D eigenvalue weighted by molar-refractivity contribution is 6.02. The lowest BCUT2D eigenvalue weighted by Gasteiger charge is -2.09. The van der Waals surface area contributed by atoms with Crippen molar-refractivity contribution in [2.45, 2.75) is 18.9 Å². The van der Waals surface area contributed by atoms with Crippen LogP contribution in [0.1, 0.15) is 29.0 Å². The average Bonchev–Trinajstić information content (AvgIpc) is 3.28. The number of benzene rings is 1. The van der Waals surface area contributed by atoms with Gasteiger partial charge in [0, 0.05) is 6.04 Å². The van der Waals surface area contributed by atoms with E-state index in [4.69, 9.17) is 13.9 Å². The second-order valence-electron chi connectivity index (χ2n) is 5.69. The number of carbonyl (C=O) groups excluding carboxylic acids is 2. The number of carbonyl (C=O) groups is 2. The van der Waals surface area contributed by atoms with Crippen molar-refractivity contribution in [2.24, 2.45) is 0 Å². The summed E-state index contributed by atoms with van der Waals surface area (Å²) in [6.07, 6.45) is 4.71. The molecule has 1 aliphatic rings. The summed E-state index contributed by atoms with van der Waals surface area (Å²) in [5, 5.41) is 12.0. The molecule has 1 amide bonds. The third kappa shape index (κ3) is 4.11. The first-order valence-electron chi connectivity index (χ1n) is 7.97. The summed E-state index contributed by atoms with van der Waals surface area (Å²) in [6, 6.07) is 9.85. The molecule has 1 fully saturated rings. The Morgan fingerprint density at radius 2 is 2.12 bits per heavy atom. The summed E-state index contributed by atoms with van der Waals surface area (Å²) in [6.45, 7) is 0. The molecule has 3 rings (SSSR count). The Morgan fingerprint density at radius 1 is 1.31 bits per heavy atom. The predicted octanol–water partition coefficient (Wildman–Crippen LogP) is 2.69. The molecule has 0 atom stereocenters. The highest BCUT2D eigenvalue weighted by Crippen LogP contribution is 2.30. The number of nitriles is 1. The number of hydrogen-bond acceptors (Lipinski definition) is 6. The smallest absolute Gasteiger partial charge is 0.379 e. The Balaban J connectivity index is 1.79. The van der Waals surface area contributed by atoms with E-state index < -0.39 is 11.9 Å². The SMILES string of the molecule is COc1cc(/C=C(\C#N)C(=O)NC2CC2)ccc1OC(=O)c1ccco1. The average molecular weight is 352 g/mol. The second-order valence-corrected chi connectivity index (χ2v) is 5.69. The number of amides is 1. The first kappa shape index (κ1) is 17.3. The molecule has 1 N–H and O–H groups in total. The summed E-state index contributed by atoms with van der Waals surface area (Å²) in [4.78, 5) is 24.0. The van der Waals surface area contributed by atoms with Crippen LogP contribution in [-0.2, 0) is 4.79 Å². The molecule has 7 heteroatoms. The quantitative estimate of drug-likeness (QED) is 0.371. The lowest BCUT2D eigenvalue weighted by Crippen LogP contribution is -2.26. The standard InChI is InChI=1S/C19H16N2O5/c1-24-17-10-12(9-13(11-20)18(22)21-14-5-6-14)4-7-15(17)26-19(23)16-3-2-8-25-16/h2-4,7-10,14H,5-6H2,1H3,(H,21,22)/b13-9+. The number of ether oxygens (including phenoxy) is 2. The van der Waals surface area contributed by atoms with Gasteiger partial charge in [0.25, 0.3) is 5.91 Å². The van der Waals surface area contributed by atoms with Crippen LogP contribution in [0.5, 0.6) is 11.5 Å². The summed E-state index contributed by atoms with van der Waals surface area (Å²) in [5.41, 5.74) is 0.571. The van der Waals surface area contributed by atoms with Gasteiger partial charge < -0.3 is 19.2 Å². The summed E-state index contributed by atoms with van der Waals surface area (Å²) >= 11 is 0. The van der Waals surface area contributed by atoms with Crippen molar-refractivity contribution < 1.29 is 23.5 Å². The van der Waals surface area contributed by atoms with Crippen LogP contribution in [0.2, 0.25) is 0 Å². The van der Waals surface area contributed by atoms with E-state index in [1.807, 2.05) is 6.07 Å². The van der Waals surface area contributed by atoms with Crippen molar-refractivity contribution in [2.75, 3.05) is 7.11 Å². The van der Waals surface area contributed by atoms with Gasteiger partial charge in [0.05, 0.1) is 13.4 Å². The fraction of sp³-hybridized carbons (Fsp3) is 0.211. The number of hydrogen-bond donors (Lipinski definition) is 1. The minimum Gasteiger partial charge on any atom is -0.493 e. The minimum atomic E-state index is -0.655. The van der Waals surface area contributed by atoms with Crippen LogP contribution in [0.15, 0.2) is 46.6 Å². The fourth-order valence-electron chi connectivity index (χ4n) is 2.21. The van der Waals surface area contributed by atoms with E-state index in [1.165, 1.54) is 31.6 Å². The molecule has 1 heterocycles. The van der Waals surface area contributed by atoms with Gasteiger partial charge in [-0.15, -0.1) is 0 Å². The van der Waals surface area contributed by atoms with Gasteiger partial charge in [0.15, 0.2) is 11.5 Å². The Hall–Kier alpha value is -3.53. The lowest BCUT2D eigenvalue weighted by molar-refractivity contribution is -0.117. The molecule has 1 aliphatic carbocycles. The van der Waals surface area contributed by atoms with Gasteiger partial charge in [-0.2, -0.15) is 5.26 Å². The molecular weight excluding hydrogens is 336 g/mol. The normalized spacial score (nSPS) is 13.6. The zero-order valence-electron chi connectivity index (χ0n) is 14.0. The summed E-state index contributed by atoms with van der Waals surface area (Å²) < 4.78 is 15.5. The molecule has 0 bridgehead atoms. The maximum atomic E-state index is 12.0. The molecule has 26 heavy (non-hydrogen) atoms. The number of nitrogens with one attached hydrogen (secondary N) is 1. The third-order valence-electron chi connectivity index (χ3n) is 3.70. The molecule has 2 aromatic rings. The van der Waals surface area contributed by atoms with Crippen LogP contribution in [0.4, 0.5) is 0 Å². The van der Waals surface area contributed by atoms with Crippen LogP contribution in [0.25, 0.3) is 6.08 Å². The predicted molar refractivity (Wildman–Crippen MR) is 91.4 cm³/mol. The fourth-order valence-corrected chi connectivity index (χ4v) is 2.21. The molecule has 0 saturated heterocycles. The number of rotatable bonds is 6. The number of esters is 1. The minimum absolute atomic E-state index is 0.000664. The zero-order chi connectivity index (χ0) is 18.5. The zero-order valence-corrected chi connectivity index (χ0v) is 14.0. The first-order chi connectivity index (χ1) is 12.6. The molecule has 0 radical (unpaired) electrons. The van der Waals surface area contributed by atoms with Crippen LogP contribution in [0, 0.1) is 11.3 Å². The summed E-state index contributed by atoms with van der Waals surface area (Å²) in [7, 11) is 1.43. The molecule has 1 saturated carbocycles. The second kappa shape index (κ2) is 7.57. The maximum absolute atomic E-state index is 12.0. The van der Waals surface area contributed by atoms with Gasteiger partial charge in [0.2, 0.25) is 5.76 Å². The van der Waals surface area contributed by atoms with Crippen molar-refractivity contribution in [1.82, 2.24) is 5.32 Å². The van der Waals surface area contributed by atoms with E-state index in [1.54, 1.807) is 18.2 Å². The van der Waals surface area contributed by atoms with E-state index in [0.717, 1.165) is 12.8 Å². The van der Waals surface area contributed by atoms with Crippen molar-refractivity contribution >= 4 is 18.0 Å². The Labute approximate surface area is 149 Å². The molecule has 0 aliphatic heterocycles. The largest absolute Gasteiger partial charge is 0.493 e. The third-order valence-corrected chi connectivity index (χ3v) is 3.70. The van der Waals surface area contributed by atoms with Gasteiger partial charge in [0.1, 0.15) is 11.6 Å². The molecule has 132 valence electrons. The van der Waals surface area contributed by atoms with Crippen LogP contribution in [0.3, 0.4) is 0 Å². The van der Waals surface area contributed by atoms with Crippen molar-refractivity contribution in [1.29, 1.82) is 5.26 Å². The Kier molecular flexibility index (Phi) is 5.04. The molecular formula is C19H16N2O5. The van der Waals surface area contributed by atoms with Crippen molar-refractivity contribution in [3.63, 3.8) is 0 Å². The van der Waals surface area contributed by atoms with Gasteiger partial charge in [-0.1, -0.05) is 6.07 Å². The van der Waals surface area contributed by atoms with Gasteiger partial charge >= 0.3 is 5.97 Å². The van der Waals surface area contributed by atoms with Crippen LogP contribution < -0.4 is 14.8 Å². The topological polar surface area (TPSA) is 102 Å². The van der Waals surface area contributed by atoms with E-state index in [-0.39, 0.29) is 23.1 Å². The van der Waals surface area contributed by atoms with E-state index in [2.05, 4.69) is 5.32 Å². The molecule has 0 spiro atoms. The number of nitrogens with zero attached hydrogens (tertiary/aromatic N) is 1. The van der Waals surface area contributed by atoms with Crippen molar-refractivity contribution in [3.8, 4) is 17.6 Å². The van der Waals surface area contributed by atoms with Gasteiger partial charge in [-0.05, 0) is 48.7 Å². The van der Waals surface area contributed by atoms with Gasteiger partial charge in [-0.25, -0.2) is 4.79 Å². The monoisotopic (exact) mass is 352 g/mol. The van der Waals surface area contributed by atoms with E-state index in [9.17, 15) is 14.9 Å². The van der Waals surface area contributed by atoms with Gasteiger partial charge in [-0.3, -0.25) is 4.79 Å². The van der Waals surface area contributed by atoms with Crippen molar-refractivity contribution in [3.05, 3.63) is 53.5 Å². The summed E-state index contributed by atoms with van der Waals surface area (Å²) in [5.74, 6) is -0.495. The maximum Gasteiger partial charge on any atom is 0.379 e. The first-order valence-corrected chi connectivity index (χ1v) is 7.97. The highest BCUT2D eigenvalue weighted by atomic mass is 16.6. The molecule has 1 aromatic heterocycles. The molecule has 7 nitrogen and oxygen atoms in total. The number of furan rings is 1. The Morgan fingerprint density at radius 3 is 2.73 bits per heavy atom. The number of methoxy groups -OCH3 is 1. The Bertz CT molecular complexity index is 889.